The van der Waals surface area contributed by atoms with Crippen molar-refractivity contribution in [1.29, 1.82) is 0 Å². The molecule has 0 aliphatic carbocycles. The van der Waals surface area contributed by atoms with Gasteiger partial charge in [0.15, 0.2) is 5.16 Å². The Balaban J connectivity index is 1.60. The molecule has 2 aromatic carbocycles. The molecule has 2 aromatic heterocycles. The molecule has 0 radical (unpaired) electrons. The van der Waals surface area contributed by atoms with E-state index in [1.807, 2.05) is 43.6 Å². The van der Waals surface area contributed by atoms with E-state index in [1.165, 1.54) is 30.0 Å². The van der Waals surface area contributed by atoms with E-state index in [1.54, 1.807) is 12.3 Å². The molecular formula is C23H20ClFN6OS. The van der Waals surface area contributed by atoms with Gasteiger partial charge in [0, 0.05) is 35.7 Å². The lowest BCUT2D eigenvalue weighted by atomic mass is 10.1. The Morgan fingerprint density at radius 2 is 1.85 bits per heavy atom. The van der Waals surface area contributed by atoms with E-state index >= 15 is 0 Å². The second-order valence-corrected chi connectivity index (χ2v) is 8.14. The molecule has 2 heterocycles. The van der Waals surface area contributed by atoms with Crippen molar-refractivity contribution in [1.82, 2.24) is 15.0 Å². The standard InChI is InChI=1S/C23H20ClFN6OS/c1-26-19-11-14(8-9-27-19)21-20(30-23(31-21)33-2)13-4-3-5-15(10-13)28-22(32)29-16-6-7-18(25)17(24)12-16/h3-12H,1-2H3,(H,26,27)(H,30,31)(H2,28,29,32). The number of aromatic amines is 1. The minimum Gasteiger partial charge on any atom is -0.373 e. The molecule has 7 nitrogen and oxygen atoms in total. The van der Waals surface area contributed by atoms with E-state index in [2.05, 4.69) is 25.9 Å². The Kier molecular flexibility index (Phi) is 6.81. The van der Waals surface area contributed by atoms with Gasteiger partial charge in [-0.15, -0.1) is 0 Å². The molecule has 0 saturated heterocycles. The van der Waals surface area contributed by atoms with Gasteiger partial charge >= 0.3 is 6.03 Å². The normalized spacial score (nSPS) is 10.7. The second kappa shape index (κ2) is 9.93. The van der Waals surface area contributed by atoms with Crippen LogP contribution in [0.15, 0.2) is 66.0 Å². The monoisotopic (exact) mass is 482 g/mol. The summed E-state index contributed by atoms with van der Waals surface area (Å²) in [5.74, 6) is 0.192. The highest BCUT2D eigenvalue weighted by Crippen LogP contribution is 2.34. The molecule has 33 heavy (non-hydrogen) atoms. The fraction of sp³-hybridized carbons (Fsp3) is 0.0870. The van der Waals surface area contributed by atoms with Crippen LogP contribution in [0.1, 0.15) is 0 Å². The Morgan fingerprint density at radius 3 is 2.58 bits per heavy atom. The molecule has 0 bridgehead atoms. The predicted molar refractivity (Wildman–Crippen MR) is 133 cm³/mol. The van der Waals surface area contributed by atoms with Gasteiger partial charge in [0.1, 0.15) is 11.6 Å². The van der Waals surface area contributed by atoms with Crippen LogP contribution in [-0.2, 0) is 0 Å². The third-order valence-electron chi connectivity index (χ3n) is 4.75. The SMILES string of the molecule is CNc1cc(-c2[nH]c(SC)nc2-c2cccc(NC(=O)Nc3ccc(F)c(Cl)c3)c2)ccn1. The number of rotatable bonds is 6. The molecule has 4 aromatic rings. The van der Waals surface area contributed by atoms with Gasteiger partial charge in [0.25, 0.3) is 0 Å². The van der Waals surface area contributed by atoms with E-state index in [9.17, 15) is 9.18 Å². The number of thioether (sulfide) groups is 1. The molecule has 2 amide bonds. The second-order valence-electron chi connectivity index (χ2n) is 6.94. The number of urea groups is 1. The van der Waals surface area contributed by atoms with Crippen molar-refractivity contribution in [3.63, 3.8) is 0 Å². The van der Waals surface area contributed by atoms with Crippen LogP contribution in [0.2, 0.25) is 5.02 Å². The van der Waals surface area contributed by atoms with Crippen LogP contribution in [-0.4, -0.2) is 34.3 Å². The molecule has 0 spiro atoms. The van der Waals surface area contributed by atoms with Crippen molar-refractivity contribution in [2.75, 3.05) is 29.3 Å². The number of amides is 2. The number of pyridine rings is 1. The maximum Gasteiger partial charge on any atom is 0.323 e. The molecule has 0 aliphatic rings. The summed E-state index contributed by atoms with van der Waals surface area (Å²) in [4.78, 5) is 24.8. The quantitative estimate of drug-likeness (QED) is 0.240. The van der Waals surface area contributed by atoms with Crippen LogP contribution < -0.4 is 16.0 Å². The van der Waals surface area contributed by atoms with Crippen LogP contribution in [0.5, 0.6) is 0 Å². The van der Waals surface area contributed by atoms with E-state index in [-0.39, 0.29) is 5.02 Å². The fourth-order valence-corrected chi connectivity index (χ4v) is 3.77. The number of carbonyl (C=O) groups is 1. The van der Waals surface area contributed by atoms with E-state index in [4.69, 9.17) is 16.6 Å². The third-order valence-corrected chi connectivity index (χ3v) is 5.62. The van der Waals surface area contributed by atoms with Gasteiger partial charge in [-0.05, 0) is 48.7 Å². The van der Waals surface area contributed by atoms with E-state index in [0.29, 0.717) is 11.4 Å². The number of benzene rings is 2. The summed E-state index contributed by atoms with van der Waals surface area (Å²) in [5, 5.41) is 9.17. The molecule has 168 valence electrons. The van der Waals surface area contributed by atoms with Crippen LogP contribution in [0.3, 0.4) is 0 Å². The zero-order chi connectivity index (χ0) is 23.4. The number of carbonyl (C=O) groups excluding carboxylic acids is 1. The third kappa shape index (κ3) is 5.27. The van der Waals surface area contributed by atoms with Crippen LogP contribution >= 0.6 is 23.4 Å². The van der Waals surface area contributed by atoms with E-state index in [0.717, 1.165) is 33.5 Å². The number of imidazole rings is 1. The number of H-pyrrole nitrogens is 1. The fourth-order valence-electron chi connectivity index (χ4n) is 3.20. The smallest absolute Gasteiger partial charge is 0.323 e. The number of halogens is 2. The first-order valence-electron chi connectivity index (χ1n) is 9.88. The molecule has 0 atom stereocenters. The molecule has 0 fully saturated rings. The first-order valence-corrected chi connectivity index (χ1v) is 11.5. The summed E-state index contributed by atoms with van der Waals surface area (Å²) in [6, 6.07) is 14.7. The lowest BCUT2D eigenvalue weighted by Crippen LogP contribution is -2.19. The summed E-state index contributed by atoms with van der Waals surface area (Å²) < 4.78 is 13.3. The Labute approximate surface area is 199 Å². The maximum atomic E-state index is 13.3. The van der Waals surface area contributed by atoms with Crippen molar-refractivity contribution in [3.05, 3.63) is 71.6 Å². The van der Waals surface area contributed by atoms with Crippen LogP contribution in [0, 0.1) is 5.82 Å². The van der Waals surface area contributed by atoms with Crippen molar-refractivity contribution in [2.24, 2.45) is 0 Å². The Hall–Kier alpha value is -3.56. The summed E-state index contributed by atoms with van der Waals surface area (Å²) in [7, 11) is 1.81. The van der Waals surface area contributed by atoms with Gasteiger partial charge < -0.3 is 20.9 Å². The van der Waals surface area contributed by atoms with Crippen molar-refractivity contribution in [3.8, 4) is 22.5 Å². The summed E-state index contributed by atoms with van der Waals surface area (Å²) >= 11 is 7.28. The predicted octanol–water partition coefficient (Wildman–Crippen LogP) is 6.34. The highest BCUT2D eigenvalue weighted by molar-refractivity contribution is 7.98. The Morgan fingerprint density at radius 1 is 1.06 bits per heavy atom. The van der Waals surface area contributed by atoms with Crippen molar-refractivity contribution >= 4 is 46.6 Å². The number of anilines is 3. The van der Waals surface area contributed by atoms with Crippen molar-refractivity contribution in [2.45, 2.75) is 5.16 Å². The largest absolute Gasteiger partial charge is 0.373 e. The lowest BCUT2D eigenvalue weighted by molar-refractivity contribution is 0.262. The molecule has 0 unspecified atom stereocenters. The first kappa shape index (κ1) is 22.6. The average Bonchev–Trinajstić information content (AvgIpc) is 3.26. The maximum absolute atomic E-state index is 13.3. The van der Waals surface area contributed by atoms with Gasteiger partial charge in [0.2, 0.25) is 0 Å². The van der Waals surface area contributed by atoms with Gasteiger partial charge in [-0.2, -0.15) is 0 Å². The highest BCUT2D eigenvalue weighted by atomic mass is 35.5. The highest BCUT2D eigenvalue weighted by Gasteiger charge is 2.15. The van der Waals surface area contributed by atoms with Gasteiger partial charge in [-0.3, -0.25) is 0 Å². The topological polar surface area (TPSA) is 94.7 Å². The number of aromatic nitrogens is 3. The first-order chi connectivity index (χ1) is 16.0. The molecule has 4 N–H and O–H groups in total. The number of nitrogens with one attached hydrogen (secondary N) is 4. The zero-order valence-corrected chi connectivity index (χ0v) is 19.3. The minimum atomic E-state index is -0.550. The Bertz CT molecular complexity index is 1310. The van der Waals surface area contributed by atoms with Crippen LogP contribution in [0.25, 0.3) is 22.5 Å². The number of hydrogen-bond donors (Lipinski definition) is 4. The van der Waals surface area contributed by atoms with Gasteiger partial charge in [0.05, 0.1) is 16.4 Å². The molecule has 10 heteroatoms. The zero-order valence-electron chi connectivity index (χ0n) is 17.7. The van der Waals surface area contributed by atoms with E-state index < -0.39 is 11.8 Å². The summed E-state index contributed by atoms with van der Waals surface area (Å²) in [6.45, 7) is 0. The summed E-state index contributed by atoms with van der Waals surface area (Å²) in [5.41, 5.74) is 4.31. The molecule has 0 saturated carbocycles. The van der Waals surface area contributed by atoms with Crippen molar-refractivity contribution < 1.29 is 9.18 Å². The number of hydrogen-bond acceptors (Lipinski definition) is 5. The molecular weight excluding hydrogens is 463 g/mol. The van der Waals surface area contributed by atoms with Gasteiger partial charge in [-0.25, -0.2) is 19.2 Å². The van der Waals surface area contributed by atoms with Gasteiger partial charge in [-0.1, -0.05) is 35.5 Å². The van der Waals surface area contributed by atoms with Crippen LogP contribution in [0.4, 0.5) is 26.4 Å². The lowest BCUT2D eigenvalue weighted by Gasteiger charge is -2.10. The molecule has 4 rings (SSSR count). The minimum absolute atomic E-state index is 0.0667. The number of nitrogens with zero attached hydrogens (tertiary/aromatic N) is 2. The summed E-state index contributed by atoms with van der Waals surface area (Å²) in [6.07, 6.45) is 3.68. The average molecular weight is 483 g/mol. The molecule has 0 aliphatic heterocycles.